The van der Waals surface area contributed by atoms with Gasteiger partial charge in [-0.05, 0) is 38.5 Å². The molecule has 90 valence electrons. The van der Waals surface area contributed by atoms with Gasteiger partial charge < -0.3 is 5.73 Å². The van der Waals surface area contributed by atoms with E-state index in [0.717, 1.165) is 17.6 Å². The van der Waals surface area contributed by atoms with E-state index in [4.69, 9.17) is 5.73 Å². The first-order chi connectivity index (χ1) is 7.70. The molecule has 16 heavy (non-hydrogen) atoms. The summed E-state index contributed by atoms with van der Waals surface area (Å²) in [5.74, 6) is 3.28. The van der Waals surface area contributed by atoms with Gasteiger partial charge in [0.25, 0.3) is 0 Å². The van der Waals surface area contributed by atoms with Crippen molar-refractivity contribution in [1.29, 1.82) is 0 Å². The van der Waals surface area contributed by atoms with E-state index in [1.165, 1.54) is 32.1 Å². The zero-order chi connectivity index (χ0) is 11.5. The minimum Gasteiger partial charge on any atom is -0.321 e. The molecular weight excluding hydrogens is 200 g/mol. The van der Waals surface area contributed by atoms with Crippen molar-refractivity contribution >= 4 is 0 Å². The molecule has 1 aromatic heterocycles. The number of aromatic amines is 1. The minimum atomic E-state index is -0.0722. The third kappa shape index (κ3) is 2.43. The lowest BCUT2D eigenvalue weighted by Gasteiger charge is -2.26. The highest BCUT2D eigenvalue weighted by Crippen LogP contribution is 2.35. The van der Waals surface area contributed by atoms with E-state index in [2.05, 4.69) is 22.1 Å². The lowest BCUT2D eigenvalue weighted by molar-refractivity contribution is 0.312. The molecule has 4 heteroatoms. The van der Waals surface area contributed by atoms with Gasteiger partial charge in [0.1, 0.15) is 5.82 Å². The van der Waals surface area contributed by atoms with Gasteiger partial charge in [0.05, 0.1) is 6.04 Å². The van der Waals surface area contributed by atoms with Crippen LogP contribution in [0.3, 0.4) is 0 Å². The summed E-state index contributed by atoms with van der Waals surface area (Å²) in [5.41, 5.74) is 5.76. The molecule has 1 heterocycles. The summed E-state index contributed by atoms with van der Waals surface area (Å²) in [6.45, 7) is 4.20. The van der Waals surface area contributed by atoms with E-state index in [-0.39, 0.29) is 6.04 Å². The monoisotopic (exact) mass is 222 g/mol. The zero-order valence-electron chi connectivity index (χ0n) is 10.2. The van der Waals surface area contributed by atoms with Gasteiger partial charge in [-0.3, -0.25) is 5.10 Å². The summed E-state index contributed by atoms with van der Waals surface area (Å²) in [6, 6.07) is -0.0722. The Morgan fingerprint density at radius 2 is 2.06 bits per heavy atom. The molecule has 2 rings (SSSR count). The van der Waals surface area contributed by atoms with Crippen LogP contribution in [0.25, 0.3) is 0 Å². The van der Waals surface area contributed by atoms with Crippen molar-refractivity contribution in [3.8, 4) is 0 Å². The zero-order valence-corrected chi connectivity index (χ0v) is 10.2. The summed E-state index contributed by atoms with van der Waals surface area (Å²) >= 11 is 0. The van der Waals surface area contributed by atoms with E-state index < -0.39 is 0 Å². The molecule has 0 spiro atoms. The van der Waals surface area contributed by atoms with Gasteiger partial charge in [-0.15, -0.1) is 0 Å². The minimum absolute atomic E-state index is 0.0722. The molecule has 1 fully saturated rings. The van der Waals surface area contributed by atoms with Crippen molar-refractivity contribution in [3.63, 3.8) is 0 Å². The maximum atomic E-state index is 5.76. The van der Waals surface area contributed by atoms with Crippen LogP contribution in [-0.4, -0.2) is 15.2 Å². The first-order valence-corrected chi connectivity index (χ1v) is 6.38. The smallest absolute Gasteiger partial charge is 0.167 e. The highest BCUT2D eigenvalue weighted by molar-refractivity contribution is 5.01. The highest BCUT2D eigenvalue weighted by atomic mass is 15.2. The Morgan fingerprint density at radius 3 is 2.56 bits per heavy atom. The van der Waals surface area contributed by atoms with Gasteiger partial charge in [-0.1, -0.05) is 13.3 Å². The largest absolute Gasteiger partial charge is 0.321 e. The molecule has 0 radical (unpaired) electrons. The molecule has 0 aliphatic heterocycles. The fourth-order valence-electron chi connectivity index (χ4n) is 2.52. The predicted molar refractivity (Wildman–Crippen MR) is 64.0 cm³/mol. The molecule has 1 aliphatic rings. The van der Waals surface area contributed by atoms with Crippen LogP contribution in [-0.2, 0) is 0 Å². The molecule has 3 N–H and O–H groups in total. The molecule has 0 amide bonds. The Labute approximate surface area is 97.0 Å². The van der Waals surface area contributed by atoms with Gasteiger partial charge in [0.2, 0.25) is 0 Å². The number of rotatable bonds is 3. The van der Waals surface area contributed by atoms with Crippen LogP contribution >= 0.6 is 0 Å². The van der Waals surface area contributed by atoms with Crippen molar-refractivity contribution in [2.75, 3.05) is 0 Å². The summed E-state index contributed by atoms with van der Waals surface area (Å²) in [7, 11) is 0. The van der Waals surface area contributed by atoms with Gasteiger partial charge in [0, 0.05) is 5.92 Å². The lowest BCUT2D eigenvalue weighted by Crippen LogP contribution is -2.14. The number of nitrogens with one attached hydrogen (secondary N) is 1. The van der Waals surface area contributed by atoms with Gasteiger partial charge >= 0.3 is 0 Å². The topological polar surface area (TPSA) is 67.6 Å². The van der Waals surface area contributed by atoms with E-state index in [0.29, 0.717) is 5.92 Å². The highest BCUT2D eigenvalue weighted by Gasteiger charge is 2.24. The normalized spacial score (nSPS) is 27.9. The fraction of sp³-hybridized carbons (Fsp3) is 0.833. The number of nitrogens with zero attached hydrogens (tertiary/aromatic N) is 2. The van der Waals surface area contributed by atoms with Gasteiger partial charge in [-0.25, -0.2) is 4.98 Å². The number of aromatic nitrogens is 3. The van der Waals surface area contributed by atoms with Crippen molar-refractivity contribution in [3.05, 3.63) is 11.6 Å². The summed E-state index contributed by atoms with van der Waals surface area (Å²) in [5, 5.41) is 7.22. The average molecular weight is 222 g/mol. The summed E-state index contributed by atoms with van der Waals surface area (Å²) in [4.78, 5) is 4.49. The second kappa shape index (κ2) is 4.95. The number of hydrogen-bond acceptors (Lipinski definition) is 3. The third-order valence-electron chi connectivity index (χ3n) is 3.74. The summed E-state index contributed by atoms with van der Waals surface area (Å²) in [6.07, 6.45) is 6.46. The Kier molecular flexibility index (Phi) is 3.59. The Balaban J connectivity index is 1.97. The van der Waals surface area contributed by atoms with Crippen LogP contribution < -0.4 is 5.73 Å². The molecule has 4 nitrogen and oxygen atoms in total. The summed E-state index contributed by atoms with van der Waals surface area (Å²) < 4.78 is 0. The Hall–Kier alpha value is -0.900. The van der Waals surface area contributed by atoms with Crippen LogP contribution in [0, 0.1) is 5.92 Å². The second-order valence-corrected chi connectivity index (χ2v) is 4.99. The van der Waals surface area contributed by atoms with Gasteiger partial charge in [0.15, 0.2) is 5.82 Å². The molecule has 1 saturated carbocycles. The SMILES string of the molecule is CCC1CCC(c2nc(C(C)N)n[nH]2)CC1. The Bertz CT molecular complexity index is 324. The van der Waals surface area contributed by atoms with Crippen molar-refractivity contribution in [2.24, 2.45) is 11.7 Å². The molecule has 0 bridgehead atoms. The molecular formula is C12H22N4. The van der Waals surface area contributed by atoms with Crippen molar-refractivity contribution < 1.29 is 0 Å². The van der Waals surface area contributed by atoms with Crippen molar-refractivity contribution in [1.82, 2.24) is 15.2 Å². The molecule has 1 aliphatic carbocycles. The quantitative estimate of drug-likeness (QED) is 0.825. The third-order valence-corrected chi connectivity index (χ3v) is 3.74. The van der Waals surface area contributed by atoms with E-state index in [1.807, 2.05) is 6.92 Å². The number of hydrogen-bond donors (Lipinski definition) is 2. The van der Waals surface area contributed by atoms with Crippen LogP contribution in [0.5, 0.6) is 0 Å². The maximum absolute atomic E-state index is 5.76. The standard InChI is InChI=1S/C12H22N4/c1-3-9-4-6-10(7-5-9)12-14-11(8(2)13)15-16-12/h8-10H,3-7,13H2,1-2H3,(H,14,15,16). The van der Waals surface area contributed by atoms with Crippen molar-refractivity contribution in [2.45, 2.75) is 57.9 Å². The number of nitrogens with two attached hydrogens (primary N) is 1. The van der Waals surface area contributed by atoms with Crippen LogP contribution in [0.2, 0.25) is 0 Å². The average Bonchev–Trinajstić information content (AvgIpc) is 2.78. The first-order valence-electron chi connectivity index (χ1n) is 6.38. The fourth-order valence-corrected chi connectivity index (χ4v) is 2.52. The first kappa shape index (κ1) is 11.6. The van der Waals surface area contributed by atoms with Crippen LogP contribution in [0.1, 0.15) is 69.6 Å². The Morgan fingerprint density at radius 1 is 1.38 bits per heavy atom. The molecule has 0 aromatic carbocycles. The predicted octanol–water partition coefficient (Wildman–Crippen LogP) is 2.51. The molecule has 1 atom stereocenters. The van der Waals surface area contributed by atoms with E-state index in [1.54, 1.807) is 0 Å². The second-order valence-electron chi connectivity index (χ2n) is 4.99. The number of H-pyrrole nitrogens is 1. The lowest BCUT2D eigenvalue weighted by atomic mass is 9.80. The van der Waals surface area contributed by atoms with Crippen LogP contribution in [0.15, 0.2) is 0 Å². The molecule has 1 unspecified atom stereocenters. The molecule has 1 aromatic rings. The maximum Gasteiger partial charge on any atom is 0.167 e. The van der Waals surface area contributed by atoms with E-state index >= 15 is 0 Å². The van der Waals surface area contributed by atoms with Gasteiger partial charge in [-0.2, -0.15) is 5.10 Å². The van der Waals surface area contributed by atoms with E-state index in [9.17, 15) is 0 Å². The molecule has 0 saturated heterocycles. The van der Waals surface area contributed by atoms with Crippen LogP contribution in [0.4, 0.5) is 0 Å².